The highest BCUT2D eigenvalue weighted by Crippen LogP contribution is 2.30. The minimum absolute atomic E-state index is 0.168. The summed E-state index contributed by atoms with van der Waals surface area (Å²) in [5, 5.41) is 9.40. The van der Waals surface area contributed by atoms with Gasteiger partial charge in [0, 0.05) is 11.2 Å². The number of benzene rings is 2. The van der Waals surface area contributed by atoms with E-state index in [2.05, 4.69) is 0 Å². The van der Waals surface area contributed by atoms with Crippen LogP contribution >= 0.6 is 23.8 Å². The predicted octanol–water partition coefficient (Wildman–Crippen LogP) is 5.21. The van der Waals surface area contributed by atoms with Crippen molar-refractivity contribution in [3.63, 3.8) is 0 Å². The van der Waals surface area contributed by atoms with E-state index in [9.17, 15) is 9.18 Å². The fourth-order valence-electron chi connectivity index (χ4n) is 2.57. The molecule has 0 bridgehead atoms. The molecule has 2 aromatic carbocycles. The molecule has 4 nitrogen and oxygen atoms in total. The molecule has 0 aliphatic carbocycles. The van der Waals surface area contributed by atoms with Gasteiger partial charge in [-0.05, 0) is 75.8 Å². The van der Waals surface area contributed by atoms with Crippen molar-refractivity contribution in [1.82, 2.24) is 0 Å². The Bertz CT molecular complexity index is 934. The molecule has 140 valence electrons. The van der Waals surface area contributed by atoms with Crippen molar-refractivity contribution < 1.29 is 9.18 Å². The van der Waals surface area contributed by atoms with E-state index in [1.165, 1.54) is 23.1 Å². The summed E-state index contributed by atoms with van der Waals surface area (Å²) in [5.41, 5.74) is 1.23. The number of nitrogens with zero attached hydrogens (tertiary/aromatic N) is 3. The molecule has 0 heterocycles. The van der Waals surface area contributed by atoms with Crippen molar-refractivity contribution in [3.05, 3.63) is 58.4 Å². The maximum absolute atomic E-state index is 14.1. The number of carbonyl (C=O) groups excluding carboxylic acids is 1. The van der Waals surface area contributed by atoms with Crippen LogP contribution in [0.3, 0.4) is 0 Å². The third-order valence-corrected chi connectivity index (χ3v) is 4.63. The zero-order valence-corrected chi connectivity index (χ0v) is 17.0. The Morgan fingerprint density at radius 2 is 1.85 bits per heavy atom. The SMILES string of the molecule is Cc1ccc(N(C(=S)N(C=O)c2ccc(C#N)c(Cl)c2)C(C)(C)C)cc1F. The first kappa shape index (κ1) is 20.8. The van der Waals surface area contributed by atoms with E-state index >= 15 is 0 Å². The molecule has 2 rings (SSSR count). The normalized spacial score (nSPS) is 10.9. The van der Waals surface area contributed by atoms with Gasteiger partial charge < -0.3 is 4.90 Å². The van der Waals surface area contributed by atoms with Crippen LogP contribution in [0.2, 0.25) is 5.02 Å². The van der Waals surface area contributed by atoms with Crippen molar-refractivity contribution in [1.29, 1.82) is 5.26 Å². The van der Waals surface area contributed by atoms with E-state index < -0.39 is 5.54 Å². The van der Waals surface area contributed by atoms with Crippen LogP contribution in [0.15, 0.2) is 36.4 Å². The summed E-state index contributed by atoms with van der Waals surface area (Å²) < 4.78 is 14.1. The number of hydrogen-bond acceptors (Lipinski definition) is 3. The van der Waals surface area contributed by atoms with Crippen LogP contribution in [0.4, 0.5) is 15.8 Å². The number of amides is 1. The highest BCUT2D eigenvalue weighted by molar-refractivity contribution is 7.80. The van der Waals surface area contributed by atoms with Crippen molar-refractivity contribution in [2.24, 2.45) is 0 Å². The first-order valence-electron chi connectivity index (χ1n) is 8.14. The quantitative estimate of drug-likeness (QED) is 0.521. The number of hydrogen-bond donors (Lipinski definition) is 0. The molecular weight excluding hydrogens is 385 g/mol. The Labute approximate surface area is 168 Å². The summed E-state index contributed by atoms with van der Waals surface area (Å²) in [7, 11) is 0. The Morgan fingerprint density at radius 1 is 1.22 bits per heavy atom. The third kappa shape index (κ3) is 4.44. The fourth-order valence-corrected chi connectivity index (χ4v) is 3.32. The lowest BCUT2D eigenvalue weighted by molar-refractivity contribution is -0.106. The van der Waals surface area contributed by atoms with E-state index in [0.29, 0.717) is 28.9 Å². The minimum Gasteiger partial charge on any atom is -0.313 e. The van der Waals surface area contributed by atoms with Gasteiger partial charge in [-0.25, -0.2) is 4.39 Å². The van der Waals surface area contributed by atoms with Crippen molar-refractivity contribution in [2.45, 2.75) is 33.2 Å². The molecule has 0 spiro atoms. The molecule has 0 aromatic heterocycles. The second kappa shape index (κ2) is 8.03. The number of thiocarbonyl (C=S) groups is 1. The Morgan fingerprint density at radius 3 is 2.33 bits per heavy atom. The zero-order valence-electron chi connectivity index (χ0n) is 15.5. The molecule has 0 unspecified atom stereocenters. The van der Waals surface area contributed by atoms with Gasteiger partial charge in [0.05, 0.1) is 16.3 Å². The molecule has 1 amide bonds. The fraction of sp³-hybridized carbons (Fsp3) is 0.250. The molecule has 7 heteroatoms. The molecule has 0 fully saturated rings. The number of rotatable bonds is 3. The number of nitriles is 1. The molecule has 0 aliphatic heterocycles. The van der Waals surface area contributed by atoms with Gasteiger partial charge in [0.15, 0.2) is 5.11 Å². The lowest BCUT2D eigenvalue weighted by Gasteiger charge is -2.40. The molecule has 2 aromatic rings. The smallest absolute Gasteiger partial charge is 0.220 e. The summed E-state index contributed by atoms with van der Waals surface area (Å²) in [5.74, 6) is -0.358. The Hall–Kier alpha value is -2.49. The number of carbonyl (C=O) groups is 1. The van der Waals surface area contributed by atoms with E-state index in [0.717, 1.165) is 0 Å². The first-order valence-corrected chi connectivity index (χ1v) is 8.93. The molecule has 0 saturated heterocycles. The number of halogens is 2. The van der Waals surface area contributed by atoms with Gasteiger partial charge in [-0.1, -0.05) is 17.7 Å². The lowest BCUT2D eigenvalue weighted by atomic mass is 10.0. The average molecular weight is 404 g/mol. The second-order valence-corrected chi connectivity index (χ2v) is 7.75. The lowest BCUT2D eigenvalue weighted by Crippen LogP contribution is -2.52. The summed E-state index contributed by atoms with van der Waals surface area (Å²) in [4.78, 5) is 14.8. The Kier molecular flexibility index (Phi) is 6.19. The van der Waals surface area contributed by atoms with Crippen molar-refractivity contribution in [3.8, 4) is 6.07 Å². The van der Waals surface area contributed by atoms with Crippen LogP contribution < -0.4 is 9.80 Å². The van der Waals surface area contributed by atoms with E-state index in [1.807, 2.05) is 26.8 Å². The zero-order chi connectivity index (χ0) is 20.4. The monoisotopic (exact) mass is 403 g/mol. The number of anilines is 2. The molecule has 0 aliphatic rings. The maximum Gasteiger partial charge on any atom is 0.220 e. The highest BCUT2D eigenvalue weighted by atomic mass is 35.5. The van der Waals surface area contributed by atoms with Gasteiger partial charge in [-0.2, -0.15) is 5.26 Å². The number of aryl methyl sites for hydroxylation is 1. The van der Waals surface area contributed by atoms with Crippen molar-refractivity contribution >= 4 is 46.7 Å². The van der Waals surface area contributed by atoms with E-state index in [4.69, 9.17) is 29.1 Å². The largest absolute Gasteiger partial charge is 0.313 e. The van der Waals surface area contributed by atoms with Crippen LogP contribution in [-0.4, -0.2) is 17.1 Å². The molecule has 0 saturated carbocycles. The predicted molar refractivity (Wildman–Crippen MR) is 111 cm³/mol. The van der Waals surface area contributed by atoms with Crippen LogP contribution in [0.1, 0.15) is 31.9 Å². The topological polar surface area (TPSA) is 47.3 Å². The molecule has 0 radical (unpaired) electrons. The van der Waals surface area contributed by atoms with Crippen LogP contribution in [-0.2, 0) is 4.79 Å². The summed E-state index contributed by atoms with van der Waals surface area (Å²) >= 11 is 11.7. The molecular formula is C20H19ClFN3OS. The second-order valence-electron chi connectivity index (χ2n) is 6.97. The van der Waals surface area contributed by atoms with Gasteiger partial charge in [0.1, 0.15) is 11.9 Å². The molecule has 0 N–H and O–H groups in total. The van der Waals surface area contributed by atoms with Gasteiger partial charge >= 0.3 is 0 Å². The van der Waals surface area contributed by atoms with Crippen molar-refractivity contribution in [2.75, 3.05) is 9.80 Å². The van der Waals surface area contributed by atoms with Gasteiger partial charge in [-0.15, -0.1) is 0 Å². The van der Waals surface area contributed by atoms with Crippen LogP contribution in [0.25, 0.3) is 0 Å². The third-order valence-electron chi connectivity index (χ3n) is 3.94. The molecule has 0 atom stereocenters. The summed E-state index contributed by atoms with van der Waals surface area (Å²) in [6, 6.07) is 11.4. The van der Waals surface area contributed by atoms with E-state index in [1.54, 1.807) is 30.0 Å². The molecule has 27 heavy (non-hydrogen) atoms. The van der Waals surface area contributed by atoms with Crippen LogP contribution in [0, 0.1) is 24.1 Å². The van der Waals surface area contributed by atoms with Gasteiger partial charge in [0.2, 0.25) is 6.41 Å². The summed E-state index contributed by atoms with van der Waals surface area (Å²) in [6.07, 6.45) is 0.573. The maximum atomic E-state index is 14.1. The Balaban J connectivity index is 2.53. The van der Waals surface area contributed by atoms with Crippen LogP contribution in [0.5, 0.6) is 0 Å². The standard InChI is InChI=1S/C20H19ClFN3OS/c1-13-5-7-16(10-18(13)22)25(20(2,3)4)19(27)24(12-26)15-8-6-14(11-23)17(21)9-15/h5-10,12H,1-4H3. The summed E-state index contributed by atoms with van der Waals surface area (Å²) in [6.45, 7) is 7.40. The first-order chi connectivity index (χ1) is 12.6. The highest BCUT2D eigenvalue weighted by Gasteiger charge is 2.30. The van der Waals surface area contributed by atoms with Gasteiger partial charge in [0.25, 0.3) is 0 Å². The average Bonchev–Trinajstić information content (AvgIpc) is 2.58. The van der Waals surface area contributed by atoms with Gasteiger partial charge in [-0.3, -0.25) is 9.69 Å². The minimum atomic E-state index is -0.531. The van der Waals surface area contributed by atoms with E-state index in [-0.39, 0.29) is 16.0 Å².